The molecule has 3 N–H and O–H groups in total. The first-order valence-corrected chi connectivity index (χ1v) is 24.8. The number of unbranched alkanes of at least 4 members (excludes halogenated alkanes) is 33. The van der Waals surface area contributed by atoms with Gasteiger partial charge in [0.2, 0.25) is 5.91 Å². The molecule has 0 aliphatic rings. The van der Waals surface area contributed by atoms with Crippen LogP contribution in [0.5, 0.6) is 0 Å². The molecule has 0 saturated heterocycles. The van der Waals surface area contributed by atoms with Crippen molar-refractivity contribution in [3.8, 4) is 0 Å². The summed E-state index contributed by atoms with van der Waals surface area (Å²) in [5.41, 5.74) is 0. The van der Waals surface area contributed by atoms with Gasteiger partial charge in [0.05, 0.1) is 25.2 Å². The molecule has 0 aliphatic heterocycles. The minimum absolute atomic E-state index is 0.0873. The van der Waals surface area contributed by atoms with Crippen molar-refractivity contribution in [1.29, 1.82) is 0 Å². The van der Waals surface area contributed by atoms with E-state index in [2.05, 4.69) is 26.1 Å². The van der Waals surface area contributed by atoms with Gasteiger partial charge in [0.1, 0.15) is 6.10 Å². The summed E-state index contributed by atoms with van der Waals surface area (Å²) in [6.45, 7) is 6.48. The third-order valence-corrected chi connectivity index (χ3v) is 11.7. The van der Waals surface area contributed by atoms with Crippen molar-refractivity contribution in [3.05, 3.63) is 0 Å². The van der Waals surface area contributed by atoms with E-state index in [1.807, 2.05) is 0 Å². The van der Waals surface area contributed by atoms with Crippen molar-refractivity contribution in [1.82, 2.24) is 5.32 Å². The maximum Gasteiger partial charge on any atom is 0.306 e. The summed E-state index contributed by atoms with van der Waals surface area (Å²) >= 11 is 0. The van der Waals surface area contributed by atoms with Gasteiger partial charge in [-0.3, -0.25) is 9.59 Å². The lowest BCUT2D eigenvalue weighted by atomic mass is 10.0. The van der Waals surface area contributed by atoms with E-state index in [0.717, 1.165) is 38.5 Å². The van der Waals surface area contributed by atoms with E-state index in [-0.39, 0.29) is 24.9 Å². The van der Waals surface area contributed by atoms with Crippen LogP contribution in [0.15, 0.2) is 0 Å². The lowest BCUT2D eigenvalue weighted by molar-refractivity contribution is -0.151. The Bertz CT molecular complexity index is 791. The molecule has 0 fully saturated rings. The summed E-state index contributed by atoms with van der Waals surface area (Å²) in [6, 6.07) is -0.690. The van der Waals surface area contributed by atoms with Gasteiger partial charge in [0, 0.05) is 6.42 Å². The van der Waals surface area contributed by atoms with Crippen LogP contribution in [-0.4, -0.2) is 46.9 Å². The summed E-state index contributed by atoms with van der Waals surface area (Å²) in [5, 5.41) is 23.6. The first-order valence-electron chi connectivity index (χ1n) is 24.8. The number of esters is 1. The Morgan fingerprint density at radius 2 is 0.764 bits per heavy atom. The highest BCUT2D eigenvalue weighted by molar-refractivity contribution is 5.77. The van der Waals surface area contributed by atoms with Crippen LogP contribution in [0.1, 0.15) is 278 Å². The number of hydrogen-bond acceptors (Lipinski definition) is 5. The number of aliphatic hydroxyl groups is 2. The summed E-state index contributed by atoms with van der Waals surface area (Å²) in [6.07, 6.45) is 45.9. The first kappa shape index (κ1) is 53.9. The predicted molar refractivity (Wildman–Crippen MR) is 237 cm³/mol. The minimum atomic E-state index is -0.777. The van der Waals surface area contributed by atoms with Crippen molar-refractivity contribution < 1.29 is 24.5 Å². The lowest BCUT2D eigenvalue weighted by Crippen LogP contribution is -2.46. The van der Waals surface area contributed by atoms with Gasteiger partial charge in [-0.25, -0.2) is 0 Å². The summed E-state index contributed by atoms with van der Waals surface area (Å²) in [7, 11) is 0. The minimum Gasteiger partial charge on any atom is -0.462 e. The fourth-order valence-electron chi connectivity index (χ4n) is 7.90. The summed E-state index contributed by atoms with van der Waals surface area (Å²) in [4.78, 5) is 26.0. The Morgan fingerprint density at radius 3 is 1.11 bits per heavy atom. The molecular weight excluding hydrogens is 683 g/mol. The van der Waals surface area contributed by atoms with Gasteiger partial charge in [0.25, 0.3) is 0 Å². The topological polar surface area (TPSA) is 95.9 Å². The van der Waals surface area contributed by atoms with E-state index in [1.165, 1.54) is 193 Å². The molecule has 0 radical (unpaired) electrons. The molecule has 0 spiro atoms. The smallest absolute Gasteiger partial charge is 0.306 e. The number of rotatable bonds is 45. The molecule has 6 nitrogen and oxygen atoms in total. The number of nitrogens with one attached hydrogen (secondary N) is 1. The number of hydrogen-bond donors (Lipinski definition) is 3. The molecule has 3 unspecified atom stereocenters. The molecule has 0 aliphatic carbocycles. The Hall–Kier alpha value is -1.14. The highest BCUT2D eigenvalue weighted by Crippen LogP contribution is 2.18. The molecule has 0 aromatic heterocycles. The number of amides is 1. The molecule has 0 rings (SSSR count). The van der Waals surface area contributed by atoms with Crippen LogP contribution in [-0.2, 0) is 14.3 Å². The predicted octanol–water partition coefficient (Wildman–Crippen LogP) is 14.4. The molecule has 0 bridgehead atoms. The largest absolute Gasteiger partial charge is 0.462 e. The molecule has 0 heterocycles. The standard InChI is InChI=1S/C49H97NO5/c1-4-7-10-13-16-19-21-23-25-27-30-33-36-39-42-49(54)55-45(40-37-34-31-29-26-24-22-20-17-14-11-8-5-2)43-48(53)50-46(44-51)47(52)41-38-35-32-28-18-15-12-9-6-3/h45-47,51-52H,4-44H2,1-3H3,(H,50,53). The van der Waals surface area contributed by atoms with Crippen LogP contribution in [0.3, 0.4) is 0 Å². The van der Waals surface area contributed by atoms with E-state index >= 15 is 0 Å². The van der Waals surface area contributed by atoms with Crippen LogP contribution in [0.2, 0.25) is 0 Å². The van der Waals surface area contributed by atoms with Gasteiger partial charge in [-0.1, -0.05) is 239 Å². The van der Waals surface area contributed by atoms with Gasteiger partial charge in [0.15, 0.2) is 0 Å². The molecule has 55 heavy (non-hydrogen) atoms. The monoisotopic (exact) mass is 780 g/mol. The molecule has 3 atom stereocenters. The van der Waals surface area contributed by atoms with E-state index in [0.29, 0.717) is 19.3 Å². The number of carbonyl (C=O) groups is 2. The number of carbonyl (C=O) groups excluding carboxylic acids is 2. The molecule has 6 heteroatoms. The quantitative estimate of drug-likeness (QED) is 0.0422. The SMILES string of the molecule is CCCCCCCCCCCCCCCCC(=O)OC(CCCCCCCCCCCCCCC)CC(=O)NC(CO)C(O)CCCCCCCCCCC. The number of ether oxygens (including phenoxy) is 1. The van der Waals surface area contributed by atoms with E-state index < -0.39 is 18.2 Å². The molecule has 328 valence electrons. The second-order valence-electron chi connectivity index (χ2n) is 17.2. The first-order chi connectivity index (χ1) is 27.0. The third-order valence-electron chi connectivity index (χ3n) is 11.7. The fraction of sp³-hybridized carbons (Fsp3) is 0.959. The van der Waals surface area contributed by atoms with E-state index in [9.17, 15) is 19.8 Å². The summed E-state index contributed by atoms with van der Waals surface area (Å²) < 4.78 is 5.93. The Kier molecular flexibility index (Phi) is 43.1. The maximum absolute atomic E-state index is 13.1. The fourth-order valence-corrected chi connectivity index (χ4v) is 7.90. The van der Waals surface area contributed by atoms with Gasteiger partial charge < -0.3 is 20.3 Å². The van der Waals surface area contributed by atoms with Crippen LogP contribution in [0.4, 0.5) is 0 Å². The molecule has 0 saturated carbocycles. The van der Waals surface area contributed by atoms with Gasteiger partial charge in [-0.05, 0) is 25.7 Å². The van der Waals surface area contributed by atoms with Crippen molar-refractivity contribution >= 4 is 11.9 Å². The highest BCUT2D eigenvalue weighted by Gasteiger charge is 2.24. The van der Waals surface area contributed by atoms with Crippen molar-refractivity contribution in [3.63, 3.8) is 0 Å². The number of aliphatic hydroxyl groups excluding tert-OH is 2. The highest BCUT2D eigenvalue weighted by atomic mass is 16.5. The molecule has 1 amide bonds. The zero-order valence-corrected chi connectivity index (χ0v) is 37.3. The molecule has 0 aromatic rings. The van der Waals surface area contributed by atoms with Crippen LogP contribution in [0, 0.1) is 0 Å². The average molecular weight is 780 g/mol. The Morgan fingerprint density at radius 1 is 0.455 bits per heavy atom. The third kappa shape index (κ3) is 39.5. The normalized spacial score (nSPS) is 13.2. The lowest BCUT2D eigenvalue weighted by Gasteiger charge is -2.24. The van der Waals surface area contributed by atoms with Gasteiger partial charge in [-0.2, -0.15) is 0 Å². The van der Waals surface area contributed by atoms with Gasteiger partial charge >= 0.3 is 5.97 Å². The zero-order chi connectivity index (χ0) is 40.3. The van der Waals surface area contributed by atoms with Crippen molar-refractivity contribution in [2.45, 2.75) is 296 Å². The molecule has 0 aromatic carbocycles. The van der Waals surface area contributed by atoms with Crippen LogP contribution >= 0.6 is 0 Å². The Balaban J connectivity index is 4.52. The van der Waals surface area contributed by atoms with E-state index in [4.69, 9.17) is 4.74 Å². The second kappa shape index (κ2) is 44.0. The van der Waals surface area contributed by atoms with E-state index in [1.54, 1.807) is 0 Å². The van der Waals surface area contributed by atoms with Gasteiger partial charge in [-0.15, -0.1) is 0 Å². The van der Waals surface area contributed by atoms with Crippen LogP contribution < -0.4 is 5.32 Å². The van der Waals surface area contributed by atoms with Crippen LogP contribution in [0.25, 0.3) is 0 Å². The zero-order valence-electron chi connectivity index (χ0n) is 37.3. The van der Waals surface area contributed by atoms with Crippen molar-refractivity contribution in [2.75, 3.05) is 6.61 Å². The second-order valence-corrected chi connectivity index (χ2v) is 17.2. The Labute approximate surface area is 343 Å². The average Bonchev–Trinajstić information content (AvgIpc) is 3.18. The molecular formula is C49H97NO5. The maximum atomic E-state index is 13.1. The van der Waals surface area contributed by atoms with Crippen molar-refractivity contribution in [2.24, 2.45) is 0 Å². The summed E-state index contributed by atoms with van der Waals surface area (Å²) in [5.74, 6) is -0.454.